The standard InChI is InChI=1S/C17H20N4O/c1-13-10-20-15(9-14-5-3-2-4-6-14)12-21(13)17(22)16-11-18-7-8-19-16/h2-8,11,13,15,20H,9-10,12H2,1H3. The Balaban J connectivity index is 1.70. The highest BCUT2D eigenvalue weighted by Crippen LogP contribution is 2.14. The molecule has 2 aromatic rings. The number of carbonyl (C=O) groups is 1. The Morgan fingerprint density at radius 2 is 2.14 bits per heavy atom. The van der Waals surface area contributed by atoms with Gasteiger partial charge >= 0.3 is 0 Å². The molecule has 2 atom stereocenters. The van der Waals surface area contributed by atoms with Gasteiger partial charge in [0, 0.05) is 37.6 Å². The predicted octanol–water partition coefficient (Wildman–Crippen LogP) is 1.52. The van der Waals surface area contributed by atoms with Crippen LogP contribution in [0, 0.1) is 0 Å². The van der Waals surface area contributed by atoms with E-state index in [-0.39, 0.29) is 18.0 Å². The molecule has 1 fully saturated rings. The molecule has 1 aliphatic heterocycles. The molecule has 0 radical (unpaired) electrons. The van der Waals surface area contributed by atoms with Crippen LogP contribution in [0.1, 0.15) is 23.0 Å². The van der Waals surface area contributed by atoms with Gasteiger partial charge < -0.3 is 10.2 Å². The normalized spacial score (nSPS) is 21.6. The topological polar surface area (TPSA) is 58.1 Å². The smallest absolute Gasteiger partial charge is 0.274 e. The molecule has 2 heterocycles. The van der Waals surface area contributed by atoms with Gasteiger partial charge in [0.2, 0.25) is 0 Å². The number of amides is 1. The molecule has 1 amide bonds. The Kier molecular flexibility index (Phi) is 4.44. The molecule has 0 bridgehead atoms. The van der Waals surface area contributed by atoms with Crippen molar-refractivity contribution in [3.05, 3.63) is 60.2 Å². The highest BCUT2D eigenvalue weighted by molar-refractivity contribution is 5.92. The number of rotatable bonds is 3. The fourth-order valence-corrected chi connectivity index (χ4v) is 2.80. The maximum atomic E-state index is 12.6. The van der Waals surface area contributed by atoms with Gasteiger partial charge in [-0.2, -0.15) is 0 Å². The lowest BCUT2D eigenvalue weighted by Crippen LogP contribution is -2.58. The molecular weight excluding hydrogens is 276 g/mol. The molecule has 3 rings (SSSR count). The minimum Gasteiger partial charge on any atom is -0.332 e. The van der Waals surface area contributed by atoms with Crippen molar-refractivity contribution in [2.75, 3.05) is 13.1 Å². The third-order valence-electron chi connectivity index (χ3n) is 4.02. The zero-order chi connectivity index (χ0) is 15.4. The second-order valence-corrected chi connectivity index (χ2v) is 5.69. The number of hydrogen-bond acceptors (Lipinski definition) is 4. The first-order chi connectivity index (χ1) is 10.7. The molecule has 114 valence electrons. The molecule has 0 saturated carbocycles. The van der Waals surface area contributed by atoms with Gasteiger partial charge in [0.15, 0.2) is 0 Å². The van der Waals surface area contributed by atoms with Crippen LogP contribution in [0.15, 0.2) is 48.9 Å². The average molecular weight is 296 g/mol. The number of piperazine rings is 1. The van der Waals surface area contributed by atoms with Crippen molar-refractivity contribution in [1.82, 2.24) is 20.2 Å². The van der Waals surface area contributed by atoms with Gasteiger partial charge in [-0.25, -0.2) is 4.98 Å². The van der Waals surface area contributed by atoms with Gasteiger partial charge in [-0.15, -0.1) is 0 Å². The lowest BCUT2D eigenvalue weighted by Gasteiger charge is -2.38. The Labute approximate surface area is 130 Å². The van der Waals surface area contributed by atoms with Crippen LogP contribution in [0.4, 0.5) is 0 Å². The second-order valence-electron chi connectivity index (χ2n) is 5.69. The first kappa shape index (κ1) is 14.7. The molecule has 0 spiro atoms. The van der Waals surface area contributed by atoms with E-state index in [1.165, 1.54) is 11.8 Å². The highest BCUT2D eigenvalue weighted by Gasteiger charge is 2.29. The van der Waals surface area contributed by atoms with Crippen LogP contribution in [-0.4, -0.2) is 45.9 Å². The van der Waals surface area contributed by atoms with Crippen molar-refractivity contribution in [2.24, 2.45) is 0 Å². The van der Waals surface area contributed by atoms with E-state index in [4.69, 9.17) is 0 Å². The van der Waals surface area contributed by atoms with Gasteiger partial charge in [0.25, 0.3) is 5.91 Å². The fraction of sp³-hybridized carbons (Fsp3) is 0.353. The molecule has 1 aromatic heterocycles. The number of aromatic nitrogens is 2. The first-order valence-electron chi connectivity index (χ1n) is 7.58. The van der Waals surface area contributed by atoms with E-state index in [1.807, 2.05) is 23.1 Å². The number of nitrogens with one attached hydrogen (secondary N) is 1. The van der Waals surface area contributed by atoms with Gasteiger partial charge in [0.1, 0.15) is 5.69 Å². The number of nitrogens with zero attached hydrogens (tertiary/aromatic N) is 3. The molecule has 22 heavy (non-hydrogen) atoms. The minimum atomic E-state index is -0.0415. The van der Waals surface area contributed by atoms with E-state index < -0.39 is 0 Å². The predicted molar refractivity (Wildman–Crippen MR) is 84.5 cm³/mol. The fourth-order valence-electron chi connectivity index (χ4n) is 2.80. The summed E-state index contributed by atoms with van der Waals surface area (Å²) >= 11 is 0. The van der Waals surface area contributed by atoms with Crippen molar-refractivity contribution in [1.29, 1.82) is 0 Å². The summed E-state index contributed by atoms with van der Waals surface area (Å²) in [6.07, 6.45) is 5.58. The lowest BCUT2D eigenvalue weighted by molar-refractivity contribution is 0.0600. The summed E-state index contributed by atoms with van der Waals surface area (Å²) in [7, 11) is 0. The summed E-state index contributed by atoms with van der Waals surface area (Å²) in [5, 5.41) is 3.52. The number of carbonyl (C=O) groups excluding carboxylic acids is 1. The van der Waals surface area contributed by atoms with Crippen molar-refractivity contribution >= 4 is 5.91 Å². The Hall–Kier alpha value is -2.27. The second kappa shape index (κ2) is 6.66. The third-order valence-corrected chi connectivity index (χ3v) is 4.02. The molecule has 5 heteroatoms. The van der Waals surface area contributed by atoms with Crippen LogP contribution in [0.5, 0.6) is 0 Å². The molecular formula is C17H20N4O. The van der Waals surface area contributed by atoms with Crippen LogP contribution in [0.2, 0.25) is 0 Å². The Morgan fingerprint density at radius 1 is 1.32 bits per heavy atom. The van der Waals surface area contributed by atoms with E-state index in [1.54, 1.807) is 12.4 Å². The van der Waals surface area contributed by atoms with Crippen LogP contribution >= 0.6 is 0 Å². The monoisotopic (exact) mass is 296 g/mol. The Morgan fingerprint density at radius 3 is 2.86 bits per heavy atom. The SMILES string of the molecule is CC1CNC(Cc2ccccc2)CN1C(=O)c1cnccn1. The van der Waals surface area contributed by atoms with E-state index in [0.29, 0.717) is 12.2 Å². The summed E-state index contributed by atoms with van der Waals surface area (Å²) < 4.78 is 0. The van der Waals surface area contributed by atoms with Crippen LogP contribution in [0.3, 0.4) is 0 Å². The van der Waals surface area contributed by atoms with Crippen molar-refractivity contribution < 1.29 is 4.79 Å². The third kappa shape index (κ3) is 3.31. The highest BCUT2D eigenvalue weighted by atomic mass is 16.2. The molecule has 1 aliphatic rings. The maximum Gasteiger partial charge on any atom is 0.274 e. The Bertz CT molecular complexity index is 617. The van der Waals surface area contributed by atoms with Crippen LogP contribution in [0.25, 0.3) is 0 Å². The summed E-state index contributed by atoms with van der Waals surface area (Å²) in [4.78, 5) is 22.6. The van der Waals surface area contributed by atoms with E-state index in [0.717, 1.165) is 13.0 Å². The quantitative estimate of drug-likeness (QED) is 0.933. The first-order valence-corrected chi connectivity index (χ1v) is 7.58. The maximum absolute atomic E-state index is 12.6. The summed E-state index contributed by atoms with van der Waals surface area (Å²) in [6.45, 7) is 3.54. The number of benzene rings is 1. The van der Waals surface area contributed by atoms with Crippen molar-refractivity contribution in [3.8, 4) is 0 Å². The van der Waals surface area contributed by atoms with E-state index in [2.05, 4.69) is 34.3 Å². The average Bonchev–Trinajstić information content (AvgIpc) is 2.58. The molecule has 2 unspecified atom stereocenters. The van der Waals surface area contributed by atoms with Gasteiger partial charge in [0.05, 0.1) is 6.20 Å². The minimum absolute atomic E-state index is 0.0415. The van der Waals surface area contributed by atoms with Crippen molar-refractivity contribution in [2.45, 2.75) is 25.4 Å². The van der Waals surface area contributed by atoms with Gasteiger partial charge in [-0.05, 0) is 18.9 Å². The zero-order valence-electron chi connectivity index (χ0n) is 12.6. The largest absolute Gasteiger partial charge is 0.332 e. The summed E-state index contributed by atoms with van der Waals surface area (Å²) in [6, 6.07) is 10.8. The molecule has 5 nitrogen and oxygen atoms in total. The van der Waals surface area contributed by atoms with E-state index in [9.17, 15) is 4.79 Å². The molecule has 0 aliphatic carbocycles. The summed E-state index contributed by atoms with van der Waals surface area (Å²) in [5.74, 6) is -0.0415. The van der Waals surface area contributed by atoms with E-state index >= 15 is 0 Å². The number of hydrogen-bond donors (Lipinski definition) is 1. The summed E-state index contributed by atoms with van der Waals surface area (Å²) in [5.41, 5.74) is 1.69. The van der Waals surface area contributed by atoms with Gasteiger partial charge in [-0.3, -0.25) is 9.78 Å². The molecule has 1 aromatic carbocycles. The zero-order valence-corrected chi connectivity index (χ0v) is 12.6. The van der Waals surface area contributed by atoms with Crippen LogP contribution < -0.4 is 5.32 Å². The lowest BCUT2D eigenvalue weighted by atomic mass is 10.0. The van der Waals surface area contributed by atoms with Gasteiger partial charge in [-0.1, -0.05) is 30.3 Å². The van der Waals surface area contributed by atoms with Crippen molar-refractivity contribution in [3.63, 3.8) is 0 Å². The molecule has 1 saturated heterocycles. The van der Waals surface area contributed by atoms with Crippen LogP contribution in [-0.2, 0) is 6.42 Å². The molecule has 1 N–H and O–H groups in total.